The van der Waals surface area contributed by atoms with Crippen LogP contribution in [-0.4, -0.2) is 28.2 Å². The molecule has 0 aliphatic carbocycles. The third-order valence-electron chi connectivity index (χ3n) is 3.84. The molecule has 146 valence electrons. The number of aromatic nitrogens is 2. The summed E-state index contributed by atoms with van der Waals surface area (Å²) in [5, 5.41) is 3.16. The molecule has 0 atom stereocenters. The topological polar surface area (TPSA) is 54.9 Å². The zero-order valence-corrected chi connectivity index (χ0v) is 15.3. The van der Waals surface area contributed by atoms with Crippen LogP contribution in [-0.2, 0) is 17.4 Å². The van der Waals surface area contributed by atoms with Crippen molar-refractivity contribution in [2.75, 3.05) is 12.3 Å². The Hall–Kier alpha value is -2.68. The molecule has 0 aliphatic rings. The highest BCUT2D eigenvalue weighted by Crippen LogP contribution is 2.31. The van der Waals surface area contributed by atoms with E-state index in [1.54, 1.807) is 36.4 Å². The molecule has 0 aliphatic heterocycles. The van der Waals surface area contributed by atoms with Crippen molar-refractivity contribution in [2.24, 2.45) is 0 Å². The Labute approximate surface area is 162 Å². The number of alkyl halides is 3. The first-order chi connectivity index (χ1) is 13.3. The van der Waals surface area contributed by atoms with Gasteiger partial charge in [-0.2, -0.15) is 13.2 Å². The quantitative estimate of drug-likeness (QED) is 0.376. The molecule has 4 nitrogen and oxygen atoms in total. The van der Waals surface area contributed by atoms with Gasteiger partial charge in [0, 0.05) is 11.9 Å². The molecule has 1 heterocycles. The summed E-state index contributed by atoms with van der Waals surface area (Å²) in [6.45, 7) is 0.221. The predicted octanol–water partition coefficient (Wildman–Crippen LogP) is 4.24. The summed E-state index contributed by atoms with van der Waals surface area (Å²) >= 11 is 0.900. The molecule has 0 radical (unpaired) electrons. The Morgan fingerprint density at radius 1 is 1.04 bits per heavy atom. The van der Waals surface area contributed by atoms with Gasteiger partial charge in [-0.15, -0.1) is 0 Å². The Bertz CT molecular complexity index is 994. The molecule has 1 amide bonds. The maximum atomic E-state index is 13.5. The normalized spacial score (nSPS) is 11.6. The first-order valence-electron chi connectivity index (χ1n) is 8.31. The van der Waals surface area contributed by atoms with Crippen LogP contribution in [0.3, 0.4) is 0 Å². The molecule has 2 aromatic carbocycles. The van der Waals surface area contributed by atoms with E-state index in [0.29, 0.717) is 17.4 Å². The zero-order valence-electron chi connectivity index (χ0n) is 14.5. The lowest BCUT2D eigenvalue weighted by molar-refractivity contribution is -0.145. The van der Waals surface area contributed by atoms with Crippen LogP contribution in [0.5, 0.6) is 0 Å². The number of nitrogens with one attached hydrogen (secondary N) is 1. The molecule has 1 N–H and O–H groups in total. The molecule has 28 heavy (non-hydrogen) atoms. The van der Waals surface area contributed by atoms with E-state index >= 15 is 0 Å². The van der Waals surface area contributed by atoms with E-state index in [1.807, 2.05) is 0 Å². The van der Waals surface area contributed by atoms with Crippen molar-refractivity contribution in [3.05, 3.63) is 65.7 Å². The third-order valence-corrected chi connectivity index (χ3v) is 4.83. The summed E-state index contributed by atoms with van der Waals surface area (Å²) in [7, 11) is 0. The van der Waals surface area contributed by atoms with Crippen LogP contribution in [0.15, 0.2) is 53.6 Å². The van der Waals surface area contributed by atoms with Crippen LogP contribution in [0.25, 0.3) is 10.9 Å². The van der Waals surface area contributed by atoms with Crippen LogP contribution >= 0.6 is 11.8 Å². The SMILES string of the molecule is O=C(CSc1nc(C(F)(F)F)nc2ccccc12)NCCc1ccccc1F. The van der Waals surface area contributed by atoms with E-state index in [2.05, 4.69) is 15.3 Å². The average Bonchev–Trinajstić information content (AvgIpc) is 2.66. The van der Waals surface area contributed by atoms with Crippen molar-refractivity contribution in [3.63, 3.8) is 0 Å². The molecule has 0 saturated carbocycles. The van der Waals surface area contributed by atoms with E-state index in [9.17, 15) is 22.4 Å². The lowest BCUT2D eigenvalue weighted by atomic mass is 10.1. The van der Waals surface area contributed by atoms with Crippen LogP contribution in [0.1, 0.15) is 11.4 Å². The van der Waals surface area contributed by atoms with E-state index in [-0.39, 0.29) is 34.6 Å². The summed E-state index contributed by atoms with van der Waals surface area (Å²) in [5.74, 6) is -2.08. The number of nitrogens with zero attached hydrogens (tertiary/aromatic N) is 2. The van der Waals surface area contributed by atoms with Crippen molar-refractivity contribution < 1.29 is 22.4 Å². The third kappa shape index (κ3) is 4.98. The Morgan fingerprint density at radius 2 is 1.75 bits per heavy atom. The monoisotopic (exact) mass is 409 g/mol. The molecule has 3 rings (SSSR count). The number of carbonyl (C=O) groups excluding carboxylic acids is 1. The minimum atomic E-state index is -4.68. The molecule has 0 unspecified atom stereocenters. The van der Waals surface area contributed by atoms with Gasteiger partial charge in [0.15, 0.2) is 0 Å². The number of fused-ring (bicyclic) bond motifs is 1. The second-order valence-electron chi connectivity index (χ2n) is 5.85. The summed E-state index contributed by atoms with van der Waals surface area (Å²) in [6, 6.07) is 12.6. The number of halogens is 4. The Morgan fingerprint density at radius 3 is 2.50 bits per heavy atom. The number of hydrogen-bond acceptors (Lipinski definition) is 4. The van der Waals surface area contributed by atoms with E-state index < -0.39 is 12.0 Å². The van der Waals surface area contributed by atoms with Gasteiger partial charge in [0.05, 0.1) is 11.3 Å². The number of carbonyl (C=O) groups is 1. The van der Waals surface area contributed by atoms with Crippen LogP contribution in [0.4, 0.5) is 17.6 Å². The fourth-order valence-electron chi connectivity index (χ4n) is 2.51. The van der Waals surface area contributed by atoms with Crippen molar-refractivity contribution in [1.29, 1.82) is 0 Å². The van der Waals surface area contributed by atoms with E-state index in [4.69, 9.17) is 0 Å². The maximum absolute atomic E-state index is 13.5. The van der Waals surface area contributed by atoms with Gasteiger partial charge in [-0.3, -0.25) is 4.79 Å². The maximum Gasteiger partial charge on any atom is 0.451 e. The molecule has 3 aromatic rings. The molecule has 0 bridgehead atoms. The lowest BCUT2D eigenvalue weighted by Gasteiger charge is -2.10. The van der Waals surface area contributed by atoms with Gasteiger partial charge in [-0.1, -0.05) is 48.2 Å². The van der Waals surface area contributed by atoms with Crippen molar-refractivity contribution in [2.45, 2.75) is 17.6 Å². The number of thioether (sulfide) groups is 1. The largest absolute Gasteiger partial charge is 0.451 e. The van der Waals surface area contributed by atoms with E-state index in [1.165, 1.54) is 12.1 Å². The standard InChI is InChI=1S/C19H15F4N3OS/c20-14-7-3-1-5-12(14)9-10-24-16(27)11-28-17-13-6-2-4-8-15(13)25-18(26-17)19(21,22)23/h1-8H,9-11H2,(H,24,27). The van der Waals surface area contributed by atoms with Crippen molar-refractivity contribution >= 4 is 28.6 Å². The highest BCUT2D eigenvalue weighted by atomic mass is 32.2. The Kier molecular flexibility index (Phi) is 6.13. The smallest absolute Gasteiger partial charge is 0.355 e. The van der Waals surface area contributed by atoms with Crippen molar-refractivity contribution in [3.8, 4) is 0 Å². The van der Waals surface area contributed by atoms with Gasteiger partial charge in [-0.25, -0.2) is 14.4 Å². The predicted molar refractivity (Wildman–Crippen MR) is 98.4 cm³/mol. The molecular formula is C19H15F4N3OS. The number of para-hydroxylation sites is 1. The van der Waals surface area contributed by atoms with Gasteiger partial charge in [0.1, 0.15) is 10.8 Å². The van der Waals surface area contributed by atoms with Gasteiger partial charge in [-0.05, 0) is 24.1 Å². The second kappa shape index (κ2) is 8.55. The first kappa shape index (κ1) is 20.1. The van der Waals surface area contributed by atoms with Crippen LogP contribution in [0, 0.1) is 5.82 Å². The number of hydrogen-bond donors (Lipinski definition) is 1. The van der Waals surface area contributed by atoms with Crippen LogP contribution < -0.4 is 5.32 Å². The first-order valence-corrected chi connectivity index (χ1v) is 9.30. The summed E-state index contributed by atoms with van der Waals surface area (Å²) in [6.07, 6.45) is -4.36. The minimum absolute atomic E-state index is 0.0854. The number of benzene rings is 2. The summed E-state index contributed by atoms with van der Waals surface area (Å²) in [5.41, 5.74) is 0.638. The fourth-order valence-corrected chi connectivity index (χ4v) is 3.36. The van der Waals surface area contributed by atoms with Gasteiger partial charge >= 0.3 is 6.18 Å². The lowest BCUT2D eigenvalue weighted by Crippen LogP contribution is -2.27. The highest BCUT2D eigenvalue weighted by molar-refractivity contribution is 8.00. The molecular weight excluding hydrogens is 394 g/mol. The molecule has 1 aromatic heterocycles. The highest BCUT2D eigenvalue weighted by Gasteiger charge is 2.35. The fraction of sp³-hybridized carbons (Fsp3) is 0.211. The van der Waals surface area contributed by atoms with Crippen LogP contribution in [0.2, 0.25) is 0 Å². The van der Waals surface area contributed by atoms with Gasteiger partial charge in [0.2, 0.25) is 11.7 Å². The van der Waals surface area contributed by atoms with Crippen molar-refractivity contribution in [1.82, 2.24) is 15.3 Å². The summed E-state index contributed by atoms with van der Waals surface area (Å²) in [4.78, 5) is 19.1. The minimum Gasteiger partial charge on any atom is -0.355 e. The average molecular weight is 409 g/mol. The molecule has 0 spiro atoms. The number of rotatable bonds is 6. The molecule has 9 heteroatoms. The van der Waals surface area contributed by atoms with Gasteiger partial charge < -0.3 is 5.32 Å². The second-order valence-corrected chi connectivity index (χ2v) is 6.81. The number of amides is 1. The zero-order chi connectivity index (χ0) is 20.1. The van der Waals surface area contributed by atoms with Gasteiger partial charge in [0.25, 0.3) is 0 Å². The Balaban J connectivity index is 1.64. The molecule has 0 saturated heterocycles. The summed E-state index contributed by atoms with van der Waals surface area (Å²) < 4.78 is 52.6. The molecule has 0 fully saturated rings. The van der Waals surface area contributed by atoms with E-state index in [0.717, 1.165) is 11.8 Å².